The number of halogens is 1. The molecule has 0 aliphatic heterocycles. The van der Waals surface area contributed by atoms with Crippen molar-refractivity contribution in [3.8, 4) is 0 Å². The minimum absolute atomic E-state index is 0.00664. The Morgan fingerprint density at radius 2 is 2.29 bits per heavy atom. The predicted octanol–water partition coefficient (Wildman–Crippen LogP) is -0.0778. The van der Waals surface area contributed by atoms with Crippen molar-refractivity contribution in [2.45, 2.75) is 17.9 Å². The summed E-state index contributed by atoms with van der Waals surface area (Å²) in [4.78, 5) is 0.368. The first kappa shape index (κ1) is 14.5. The molecule has 0 fully saturated rings. The second kappa shape index (κ2) is 5.85. The quantitative estimate of drug-likeness (QED) is 0.554. The summed E-state index contributed by atoms with van der Waals surface area (Å²) in [5, 5.41) is 7.20. The second-order valence-corrected chi connectivity index (χ2v) is 6.23. The van der Waals surface area contributed by atoms with Gasteiger partial charge in [0.25, 0.3) is 10.0 Å². The van der Waals surface area contributed by atoms with Gasteiger partial charge in [-0.1, -0.05) is 17.4 Å². The van der Waals surface area contributed by atoms with Gasteiger partial charge in [-0.15, -0.1) is 5.10 Å². The zero-order chi connectivity index (χ0) is 13.1. The molecule has 1 aromatic heterocycles. The number of aromatic nitrogens is 3. The number of nitrogens with one attached hydrogen (secondary N) is 1. The van der Waals surface area contributed by atoms with Crippen LogP contribution in [0.1, 0.15) is 12.8 Å². The number of rotatable bonds is 6. The molecular weight excluding hydrogens is 330 g/mol. The number of nitrogens with zero attached hydrogens (tertiary/aromatic N) is 3. The van der Waals surface area contributed by atoms with E-state index >= 15 is 0 Å². The van der Waals surface area contributed by atoms with Crippen molar-refractivity contribution in [1.82, 2.24) is 19.7 Å². The highest BCUT2D eigenvalue weighted by Crippen LogP contribution is 2.17. The molecule has 7 nitrogen and oxygen atoms in total. The smallest absolute Gasteiger partial charge is 0.260 e. The third-order valence-electron chi connectivity index (χ3n) is 1.88. The highest BCUT2D eigenvalue weighted by molar-refractivity contribution is 9.10. The molecule has 96 valence electrons. The van der Waals surface area contributed by atoms with E-state index < -0.39 is 10.0 Å². The molecule has 1 heterocycles. The highest BCUT2D eigenvalue weighted by Gasteiger charge is 2.23. The lowest BCUT2D eigenvalue weighted by Gasteiger charge is -2.06. The summed E-state index contributed by atoms with van der Waals surface area (Å²) in [6.07, 6.45) is 1.06. The fourth-order valence-corrected chi connectivity index (χ4v) is 3.45. The lowest BCUT2D eigenvalue weighted by atomic mass is 10.3. The number of sulfonamides is 1. The molecule has 1 rings (SSSR count). The summed E-state index contributed by atoms with van der Waals surface area (Å²) in [6.45, 7) is 0.261. The van der Waals surface area contributed by atoms with Crippen LogP contribution < -0.4 is 10.5 Å². The molecule has 0 atom stereocenters. The standard InChI is InChI=1S/C7H12BrN5O2S2/c1-13-7(6(8)11-12-13)17(14,15)10-4-2-3-5(9)16/h10H,2-4H2,1H3,(H2,9,16). The molecular formula is C7H12BrN5O2S2. The fraction of sp³-hybridized carbons (Fsp3) is 0.571. The summed E-state index contributed by atoms with van der Waals surface area (Å²) < 4.78 is 27.5. The Labute approximate surface area is 113 Å². The molecule has 10 heteroatoms. The molecule has 0 radical (unpaired) electrons. The Bertz CT molecular complexity index is 493. The summed E-state index contributed by atoms with van der Waals surface area (Å²) in [6, 6.07) is 0. The highest BCUT2D eigenvalue weighted by atomic mass is 79.9. The SMILES string of the molecule is Cn1nnc(Br)c1S(=O)(=O)NCCCC(N)=S. The van der Waals surface area contributed by atoms with Crippen molar-refractivity contribution < 1.29 is 8.42 Å². The van der Waals surface area contributed by atoms with Crippen LogP contribution in [-0.2, 0) is 17.1 Å². The third-order valence-corrected chi connectivity index (χ3v) is 4.44. The minimum atomic E-state index is -3.62. The van der Waals surface area contributed by atoms with Crippen LogP contribution in [0.2, 0.25) is 0 Å². The Morgan fingerprint density at radius 1 is 1.65 bits per heavy atom. The fourth-order valence-electron chi connectivity index (χ4n) is 1.15. The van der Waals surface area contributed by atoms with Crippen molar-refractivity contribution >= 4 is 43.2 Å². The monoisotopic (exact) mass is 341 g/mol. The zero-order valence-electron chi connectivity index (χ0n) is 9.05. The van der Waals surface area contributed by atoms with E-state index in [9.17, 15) is 8.42 Å². The molecule has 0 saturated carbocycles. The van der Waals surface area contributed by atoms with Gasteiger partial charge in [0, 0.05) is 13.6 Å². The number of thiocarbonyl (C=S) groups is 1. The van der Waals surface area contributed by atoms with Crippen LogP contribution in [0.5, 0.6) is 0 Å². The average molecular weight is 342 g/mol. The van der Waals surface area contributed by atoms with Crippen molar-refractivity contribution in [1.29, 1.82) is 0 Å². The van der Waals surface area contributed by atoms with Gasteiger partial charge in [0.05, 0.1) is 4.99 Å². The molecule has 1 aromatic rings. The number of hydrogen-bond donors (Lipinski definition) is 2. The predicted molar refractivity (Wildman–Crippen MR) is 69.9 cm³/mol. The molecule has 0 spiro atoms. The Hall–Kier alpha value is -0.580. The minimum Gasteiger partial charge on any atom is -0.393 e. The van der Waals surface area contributed by atoms with E-state index in [4.69, 9.17) is 18.0 Å². The molecule has 0 aliphatic carbocycles. The van der Waals surface area contributed by atoms with E-state index in [-0.39, 0.29) is 16.2 Å². The summed E-state index contributed by atoms with van der Waals surface area (Å²) in [5.41, 5.74) is 5.31. The van der Waals surface area contributed by atoms with Crippen LogP contribution >= 0.6 is 28.1 Å². The number of hydrogen-bond acceptors (Lipinski definition) is 5. The van der Waals surface area contributed by atoms with Gasteiger partial charge in [-0.25, -0.2) is 17.8 Å². The van der Waals surface area contributed by atoms with Gasteiger partial charge in [-0.05, 0) is 28.8 Å². The van der Waals surface area contributed by atoms with Crippen LogP contribution in [0.4, 0.5) is 0 Å². The van der Waals surface area contributed by atoms with E-state index in [2.05, 4.69) is 31.0 Å². The molecule has 0 aromatic carbocycles. The van der Waals surface area contributed by atoms with Gasteiger partial charge >= 0.3 is 0 Å². The largest absolute Gasteiger partial charge is 0.393 e. The molecule has 0 bridgehead atoms. The van der Waals surface area contributed by atoms with E-state index in [1.165, 1.54) is 11.7 Å². The molecule has 0 aliphatic rings. The van der Waals surface area contributed by atoms with Crippen molar-refractivity contribution in [3.63, 3.8) is 0 Å². The first-order valence-corrected chi connectivity index (χ1v) is 7.36. The van der Waals surface area contributed by atoms with Gasteiger partial charge < -0.3 is 5.73 Å². The molecule has 0 amide bonds. The van der Waals surface area contributed by atoms with Gasteiger partial charge in [0.2, 0.25) is 5.03 Å². The van der Waals surface area contributed by atoms with Crippen molar-refractivity contribution in [3.05, 3.63) is 4.60 Å². The normalized spacial score (nSPS) is 11.6. The lowest BCUT2D eigenvalue weighted by Crippen LogP contribution is -2.27. The average Bonchev–Trinajstić information content (AvgIpc) is 2.53. The van der Waals surface area contributed by atoms with Crippen LogP contribution in [0.25, 0.3) is 0 Å². The Balaban J connectivity index is 2.67. The Kier molecular flexibility index (Phi) is 4.98. The molecule has 17 heavy (non-hydrogen) atoms. The van der Waals surface area contributed by atoms with E-state index in [0.29, 0.717) is 17.8 Å². The molecule has 0 unspecified atom stereocenters. The van der Waals surface area contributed by atoms with Gasteiger partial charge in [0.1, 0.15) is 0 Å². The molecule has 3 N–H and O–H groups in total. The number of nitrogens with two attached hydrogens (primary N) is 1. The first-order valence-electron chi connectivity index (χ1n) is 4.67. The van der Waals surface area contributed by atoms with Crippen molar-refractivity contribution in [2.24, 2.45) is 12.8 Å². The summed E-state index contributed by atoms with van der Waals surface area (Å²) in [5.74, 6) is 0. The van der Waals surface area contributed by atoms with Crippen LogP contribution in [0.3, 0.4) is 0 Å². The zero-order valence-corrected chi connectivity index (χ0v) is 12.3. The van der Waals surface area contributed by atoms with Crippen LogP contribution in [-0.4, -0.2) is 34.9 Å². The van der Waals surface area contributed by atoms with Gasteiger partial charge in [-0.2, -0.15) is 0 Å². The maximum absolute atomic E-state index is 11.9. The second-order valence-electron chi connectivity index (χ2n) is 3.28. The first-order chi connectivity index (χ1) is 7.84. The van der Waals surface area contributed by atoms with Gasteiger partial charge in [0.15, 0.2) is 4.60 Å². The number of aryl methyl sites for hydroxylation is 1. The third kappa shape index (κ3) is 3.98. The van der Waals surface area contributed by atoms with Crippen LogP contribution in [0, 0.1) is 0 Å². The lowest BCUT2D eigenvalue weighted by molar-refractivity contribution is 0.559. The maximum Gasteiger partial charge on any atom is 0.260 e. The summed E-state index contributed by atoms with van der Waals surface area (Å²) >= 11 is 7.72. The topological polar surface area (TPSA) is 103 Å². The maximum atomic E-state index is 11.9. The summed E-state index contributed by atoms with van der Waals surface area (Å²) in [7, 11) is -2.12. The van der Waals surface area contributed by atoms with Gasteiger partial charge in [-0.3, -0.25) is 0 Å². The van der Waals surface area contributed by atoms with E-state index in [1.807, 2.05) is 0 Å². The van der Waals surface area contributed by atoms with E-state index in [1.54, 1.807) is 0 Å². The van der Waals surface area contributed by atoms with E-state index in [0.717, 1.165) is 0 Å². The van der Waals surface area contributed by atoms with Crippen LogP contribution in [0.15, 0.2) is 9.63 Å². The Morgan fingerprint density at radius 3 is 2.76 bits per heavy atom. The molecule has 0 saturated heterocycles. The van der Waals surface area contributed by atoms with Crippen molar-refractivity contribution in [2.75, 3.05) is 6.54 Å².